The van der Waals surface area contributed by atoms with Gasteiger partial charge in [-0.2, -0.15) is 0 Å². The van der Waals surface area contributed by atoms with Gasteiger partial charge in [-0.25, -0.2) is 19.2 Å². The molecule has 3 aromatic heterocycles. The average Bonchev–Trinajstić information content (AvgIpc) is 3.17. The van der Waals surface area contributed by atoms with Gasteiger partial charge in [-0.05, 0) is 75.2 Å². The smallest absolute Gasteiger partial charge is 0.413 e. The number of imidazole rings is 1. The van der Waals surface area contributed by atoms with Crippen molar-refractivity contribution in [1.29, 1.82) is 0 Å². The third kappa shape index (κ3) is 4.63. The van der Waals surface area contributed by atoms with E-state index >= 15 is 0 Å². The Morgan fingerprint density at radius 3 is 2.50 bits per heavy atom. The number of primary amides is 1. The van der Waals surface area contributed by atoms with Crippen molar-refractivity contribution in [2.24, 2.45) is 5.73 Å². The number of para-hydroxylation sites is 1. The van der Waals surface area contributed by atoms with E-state index in [1.807, 2.05) is 10.6 Å². The largest absolute Gasteiger partial charge is 0.444 e. The number of rotatable bonds is 4. The first kappa shape index (κ1) is 24.8. The Morgan fingerprint density at radius 2 is 1.76 bits per heavy atom. The van der Waals surface area contributed by atoms with Gasteiger partial charge in [0.25, 0.3) is 5.91 Å². The summed E-state index contributed by atoms with van der Waals surface area (Å²) >= 11 is 0. The molecule has 3 N–H and O–H groups in total. The maximum absolute atomic E-state index is 14.5. The first-order valence-electron chi connectivity index (χ1n) is 11.8. The van der Waals surface area contributed by atoms with Gasteiger partial charge >= 0.3 is 6.09 Å². The minimum Gasteiger partial charge on any atom is -0.444 e. The Kier molecular flexibility index (Phi) is 6.02. The molecule has 0 saturated heterocycles. The molecule has 10 heteroatoms. The van der Waals surface area contributed by atoms with Crippen molar-refractivity contribution < 1.29 is 18.7 Å². The number of aryl methyl sites for hydroxylation is 1. The molecule has 0 saturated carbocycles. The van der Waals surface area contributed by atoms with Crippen LogP contribution in [0.15, 0.2) is 60.9 Å². The maximum atomic E-state index is 14.5. The molecule has 0 unspecified atom stereocenters. The van der Waals surface area contributed by atoms with Crippen LogP contribution in [-0.4, -0.2) is 37.1 Å². The summed E-state index contributed by atoms with van der Waals surface area (Å²) in [5.41, 5.74) is 8.53. The highest BCUT2D eigenvalue weighted by atomic mass is 19.1. The molecule has 0 aliphatic carbocycles. The summed E-state index contributed by atoms with van der Waals surface area (Å²) in [6.45, 7) is 7.10. The highest BCUT2D eigenvalue weighted by Crippen LogP contribution is 2.33. The fourth-order valence-electron chi connectivity index (χ4n) is 4.36. The number of nitrogens with one attached hydrogen (secondary N) is 1. The van der Waals surface area contributed by atoms with Gasteiger partial charge in [-0.15, -0.1) is 0 Å². The van der Waals surface area contributed by atoms with Gasteiger partial charge in [0, 0.05) is 17.8 Å². The summed E-state index contributed by atoms with van der Waals surface area (Å²) in [7, 11) is 0. The number of nitrogens with two attached hydrogens (primary N) is 1. The molecule has 0 atom stereocenters. The molecule has 38 heavy (non-hydrogen) atoms. The molecule has 192 valence electrons. The van der Waals surface area contributed by atoms with E-state index in [4.69, 9.17) is 10.5 Å². The number of aromatic nitrogens is 4. The van der Waals surface area contributed by atoms with Crippen molar-refractivity contribution in [3.63, 3.8) is 0 Å². The quantitative estimate of drug-likeness (QED) is 0.326. The summed E-state index contributed by atoms with van der Waals surface area (Å²) in [6.07, 6.45) is 2.43. The van der Waals surface area contributed by atoms with Crippen molar-refractivity contribution in [2.75, 3.05) is 5.32 Å². The number of carbonyl (C=O) groups excluding carboxylic acids is 2. The molecule has 0 aliphatic heterocycles. The van der Waals surface area contributed by atoms with Gasteiger partial charge in [0.15, 0.2) is 0 Å². The number of nitrogens with zero attached hydrogens (tertiary/aromatic N) is 4. The van der Waals surface area contributed by atoms with Crippen LogP contribution < -0.4 is 11.1 Å². The summed E-state index contributed by atoms with van der Waals surface area (Å²) in [4.78, 5) is 37.8. The summed E-state index contributed by atoms with van der Waals surface area (Å²) in [6, 6.07) is 13.4. The zero-order valence-corrected chi connectivity index (χ0v) is 21.2. The second-order valence-electron chi connectivity index (χ2n) is 9.77. The molecule has 2 amide bonds. The van der Waals surface area contributed by atoms with Crippen LogP contribution in [0.3, 0.4) is 0 Å². The van der Waals surface area contributed by atoms with Crippen LogP contribution in [0.5, 0.6) is 0 Å². The standard InChI is InChI=1S/C28H25FN6O3/c1-15-33-25-19(26(30)36)12-17(16-8-10-31-23(14-16)34-27(37)38-28(2,3)4)13-22(25)35(15)21-9-11-32-24-18(21)6-5-7-20(24)29/h5-14H,1-4H3,(H2,30,36)(H,31,34,37). The van der Waals surface area contributed by atoms with E-state index in [1.165, 1.54) is 18.5 Å². The monoisotopic (exact) mass is 512 g/mol. The molecule has 5 aromatic rings. The molecule has 5 rings (SSSR count). The van der Waals surface area contributed by atoms with Gasteiger partial charge in [0.05, 0.1) is 16.8 Å². The second kappa shape index (κ2) is 9.22. The minimum atomic E-state index is -0.667. The highest BCUT2D eigenvalue weighted by molar-refractivity contribution is 6.07. The van der Waals surface area contributed by atoms with Gasteiger partial charge in [0.2, 0.25) is 0 Å². The van der Waals surface area contributed by atoms with Gasteiger partial charge in [-0.1, -0.05) is 12.1 Å². The number of amides is 2. The maximum Gasteiger partial charge on any atom is 0.413 e. The van der Waals surface area contributed by atoms with Gasteiger partial charge in [-0.3, -0.25) is 19.7 Å². The second-order valence-corrected chi connectivity index (χ2v) is 9.77. The molecule has 0 bridgehead atoms. The van der Waals surface area contributed by atoms with E-state index in [2.05, 4.69) is 20.3 Å². The molecule has 2 aromatic carbocycles. The van der Waals surface area contributed by atoms with Crippen molar-refractivity contribution in [2.45, 2.75) is 33.3 Å². The van der Waals surface area contributed by atoms with E-state index < -0.39 is 23.4 Å². The van der Waals surface area contributed by atoms with Crippen LogP contribution in [0.4, 0.5) is 15.0 Å². The molecular formula is C28H25FN6O3. The number of fused-ring (bicyclic) bond motifs is 2. The number of benzene rings is 2. The fourth-order valence-corrected chi connectivity index (χ4v) is 4.36. The van der Waals surface area contributed by atoms with Crippen molar-refractivity contribution >= 4 is 39.8 Å². The summed E-state index contributed by atoms with van der Waals surface area (Å²) in [5, 5.41) is 3.22. The van der Waals surface area contributed by atoms with Crippen molar-refractivity contribution in [1.82, 2.24) is 19.5 Å². The van der Waals surface area contributed by atoms with Crippen LogP contribution in [0.1, 0.15) is 37.0 Å². The van der Waals surface area contributed by atoms with E-state index in [0.29, 0.717) is 39.1 Å². The Hall–Kier alpha value is -4.86. The molecule has 9 nitrogen and oxygen atoms in total. The molecule has 0 radical (unpaired) electrons. The Labute approximate surface area is 217 Å². The Morgan fingerprint density at radius 1 is 1.00 bits per heavy atom. The topological polar surface area (TPSA) is 125 Å². The zero-order valence-electron chi connectivity index (χ0n) is 21.2. The average molecular weight is 513 g/mol. The van der Waals surface area contributed by atoms with Crippen LogP contribution in [0.25, 0.3) is 38.8 Å². The number of halogens is 1. The van der Waals surface area contributed by atoms with Crippen molar-refractivity contribution in [3.05, 3.63) is 78.1 Å². The third-order valence-electron chi connectivity index (χ3n) is 5.86. The van der Waals surface area contributed by atoms with E-state index in [0.717, 1.165) is 0 Å². The zero-order chi connectivity index (χ0) is 27.2. The predicted octanol–water partition coefficient (Wildman–Crippen LogP) is 5.53. The van der Waals surface area contributed by atoms with Gasteiger partial charge < -0.3 is 10.5 Å². The molecular weight excluding hydrogens is 487 g/mol. The lowest BCUT2D eigenvalue weighted by atomic mass is 10.0. The summed E-state index contributed by atoms with van der Waals surface area (Å²) in [5.74, 6) is -0.226. The SMILES string of the molecule is Cc1nc2c(C(N)=O)cc(-c3ccnc(NC(=O)OC(C)(C)C)c3)cc2n1-c1ccnc2c(F)cccc12. The lowest BCUT2D eigenvalue weighted by molar-refractivity contribution is 0.0635. The first-order valence-corrected chi connectivity index (χ1v) is 11.8. The lowest BCUT2D eigenvalue weighted by Gasteiger charge is -2.19. The summed E-state index contributed by atoms with van der Waals surface area (Å²) < 4.78 is 21.7. The van der Waals surface area contributed by atoms with Crippen LogP contribution in [-0.2, 0) is 4.74 Å². The minimum absolute atomic E-state index is 0.224. The van der Waals surface area contributed by atoms with Crippen LogP contribution >= 0.6 is 0 Å². The third-order valence-corrected chi connectivity index (χ3v) is 5.86. The van der Waals surface area contributed by atoms with E-state index in [1.54, 1.807) is 64.1 Å². The van der Waals surface area contributed by atoms with E-state index in [9.17, 15) is 14.0 Å². The molecule has 0 spiro atoms. The number of pyridine rings is 2. The highest BCUT2D eigenvalue weighted by Gasteiger charge is 2.20. The number of anilines is 1. The molecule has 3 heterocycles. The number of ether oxygens (including phenoxy) is 1. The Balaban J connectivity index is 1.68. The number of carbonyl (C=O) groups is 2. The predicted molar refractivity (Wildman–Crippen MR) is 143 cm³/mol. The fraction of sp³-hybridized carbons (Fsp3) is 0.179. The van der Waals surface area contributed by atoms with Gasteiger partial charge in [0.1, 0.15) is 34.1 Å². The number of hydrogen-bond donors (Lipinski definition) is 2. The first-order chi connectivity index (χ1) is 18.0. The van der Waals surface area contributed by atoms with Crippen LogP contribution in [0, 0.1) is 12.7 Å². The van der Waals surface area contributed by atoms with E-state index in [-0.39, 0.29) is 16.9 Å². The van der Waals surface area contributed by atoms with Crippen molar-refractivity contribution in [3.8, 4) is 16.8 Å². The molecule has 0 aliphatic rings. The lowest BCUT2D eigenvalue weighted by Crippen LogP contribution is -2.27. The Bertz CT molecular complexity index is 1740. The number of hydrogen-bond acceptors (Lipinski definition) is 6. The van der Waals surface area contributed by atoms with Crippen LogP contribution in [0.2, 0.25) is 0 Å². The molecule has 0 fully saturated rings. The normalized spacial score (nSPS) is 11.6.